The van der Waals surface area contributed by atoms with Crippen LogP contribution in [0.5, 0.6) is 0 Å². The SMILES string of the molecule is C=C/C(=N\c1c(C)cnn1C1COC1)C(C)C. The lowest BCUT2D eigenvalue weighted by molar-refractivity contribution is -0.0278. The minimum Gasteiger partial charge on any atom is -0.377 e. The van der Waals surface area contributed by atoms with Gasteiger partial charge in [-0.3, -0.25) is 0 Å². The minimum absolute atomic E-state index is 0.334. The highest BCUT2D eigenvalue weighted by molar-refractivity contribution is 5.97. The Bertz CT molecular complexity index is 442. The van der Waals surface area contributed by atoms with Gasteiger partial charge in [0.15, 0.2) is 5.82 Å². The van der Waals surface area contributed by atoms with Crippen molar-refractivity contribution in [3.8, 4) is 0 Å². The Hall–Kier alpha value is -1.42. The van der Waals surface area contributed by atoms with Crippen molar-refractivity contribution in [3.05, 3.63) is 24.4 Å². The molecule has 1 aromatic heterocycles. The molecule has 4 heteroatoms. The van der Waals surface area contributed by atoms with Crippen molar-refractivity contribution >= 4 is 11.5 Å². The third-order valence-electron chi connectivity index (χ3n) is 2.95. The van der Waals surface area contributed by atoms with Crippen LogP contribution in [0.1, 0.15) is 25.5 Å². The Balaban J connectivity index is 2.36. The highest BCUT2D eigenvalue weighted by Crippen LogP contribution is 2.27. The summed E-state index contributed by atoms with van der Waals surface area (Å²) in [5.74, 6) is 1.30. The number of hydrogen-bond donors (Lipinski definition) is 0. The van der Waals surface area contributed by atoms with E-state index in [0.29, 0.717) is 12.0 Å². The van der Waals surface area contributed by atoms with Gasteiger partial charge in [-0.05, 0) is 18.9 Å². The number of hydrogen-bond acceptors (Lipinski definition) is 3. The van der Waals surface area contributed by atoms with E-state index in [1.807, 2.05) is 23.9 Å². The van der Waals surface area contributed by atoms with Crippen LogP contribution >= 0.6 is 0 Å². The molecule has 4 nitrogen and oxygen atoms in total. The molecule has 1 fully saturated rings. The van der Waals surface area contributed by atoms with Gasteiger partial charge in [-0.2, -0.15) is 5.10 Å². The third kappa shape index (κ3) is 2.31. The van der Waals surface area contributed by atoms with Crippen molar-refractivity contribution in [1.82, 2.24) is 9.78 Å². The van der Waals surface area contributed by atoms with E-state index in [4.69, 9.17) is 4.74 Å². The van der Waals surface area contributed by atoms with Gasteiger partial charge in [0.1, 0.15) is 6.04 Å². The Morgan fingerprint density at radius 3 is 2.82 bits per heavy atom. The summed E-state index contributed by atoms with van der Waals surface area (Å²) in [4.78, 5) is 4.68. The number of aryl methyl sites for hydroxylation is 1. The zero-order chi connectivity index (χ0) is 12.4. The molecule has 0 radical (unpaired) electrons. The van der Waals surface area contributed by atoms with Crippen molar-refractivity contribution in [3.63, 3.8) is 0 Å². The molecule has 1 aliphatic heterocycles. The molecule has 0 atom stereocenters. The maximum atomic E-state index is 5.20. The van der Waals surface area contributed by atoms with Crippen LogP contribution < -0.4 is 0 Å². The second-order valence-corrected chi connectivity index (χ2v) is 4.68. The molecule has 1 saturated heterocycles. The summed E-state index contributed by atoms with van der Waals surface area (Å²) in [5.41, 5.74) is 2.09. The molecule has 0 unspecified atom stereocenters. The Labute approximate surface area is 102 Å². The van der Waals surface area contributed by atoms with E-state index in [2.05, 4.69) is 30.5 Å². The molecule has 1 aromatic rings. The number of allylic oxidation sites excluding steroid dienone is 1. The number of rotatable bonds is 4. The second-order valence-electron chi connectivity index (χ2n) is 4.68. The maximum absolute atomic E-state index is 5.20. The summed E-state index contributed by atoms with van der Waals surface area (Å²) in [5, 5.41) is 4.38. The van der Waals surface area contributed by atoms with E-state index < -0.39 is 0 Å². The average Bonchev–Trinajstić information content (AvgIpc) is 2.54. The molecule has 92 valence electrons. The van der Waals surface area contributed by atoms with Crippen LogP contribution in [0.4, 0.5) is 5.82 Å². The second kappa shape index (κ2) is 4.84. The number of aromatic nitrogens is 2. The van der Waals surface area contributed by atoms with Crippen LogP contribution in [-0.4, -0.2) is 28.7 Å². The van der Waals surface area contributed by atoms with Gasteiger partial charge < -0.3 is 4.74 Å². The molecular weight excluding hydrogens is 214 g/mol. The fraction of sp³-hybridized carbons (Fsp3) is 0.538. The molecule has 1 aliphatic rings. The lowest BCUT2D eigenvalue weighted by atomic mass is 10.1. The predicted molar refractivity (Wildman–Crippen MR) is 69.0 cm³/mol. The van der Waals surface area contributed by atoms with Gasteiger partial charge in [0.05, 0.1) is 19.4 Å². The smallest absolute Gasteiger partial charge is 0.154 e. The van der Waals surface area contributed by atoms with Crippen molar-refractivity contribution < 1.29 is 4.74 Å². The number of nitrogens with zero attached hydrogens (tertiary/aromatic N) is 3. The van der Waals surface area contributed by atoms with Crippen LogP contribution in [0.2, 0.25) is 0 Å². The van der Waals surface area contributed by atoms with Crippen LogP contribution in [0.3, 0.4) is 0 Å². The average molecular weight is 233 g/mol. The topological polar surface area (TPSA) is 39.4 Å². The summed E-state index contributed by atoms with van der Waals surface area (Å²) >= 11 is 0. The van der Waals surface area contributed by atoms with Crippen molar-refractivity contribution in [2.24, 2.45) is 10.9 Å². The first kappa shape index (κ1) is 12.0. The van der Waals surface area contributed by atoms with Gasteiger partial charge >= 0.3 is 0 Å². The molecule has 17 heavy (non-hydrogen) atoms. The first-order chi connectivity index (χ1) is 8.13. The van der Waals surface area contributed by atoms with Crippen molar-refractivity contribution in [1.29, 1.82) is 0 Å². The molecule has 0 amide bonds. The lowest BCUT2D eigenvalue weighted by Crippen LogP contribution is -2.31. The van der Waals surface area contributed by atoms with Gasteiger partial charge in [-0.25, -0.2) is 9.67 Å². The van der Waals surface area contributed by atoms with Crippen molar-refractivity contribution in [2.45, 2.75) is 26.8 Å². The lowest BCUT2D eigenvalue weighted by Gasteiger charge is -2.27. The number of ether oxygens (including phenoxy) is 1. The van der Waals surface area contributed by atoms with Crippen LogP contribution in [0.25, 0.3) is 0 Å². The molecule has 2 rings (SSSR count). The summed E-state index contributed by atoms with van der Waals surface area (Å²) in [6.45, 7) is 11.5. The molecule has 0 aromatic carbocycles. The zero-order valence-electron chi connectivity index (χ0n) is 10.7. The van der Waals surface area contributed by atoms with Gasteiger partial charge in [-0.1, -0.05) is 20.4 Å². The Morgan fingerprint density at radius 1 is 1.65 bits per heavy atom. The van der Waals surface area contributed by atoms with Crippen LogP contribution in [0.15, 0.2) is 23.8 Å². The van der Waals surface area contributed by atoms with Gasteiger partial charge in [0, 0.05) is 11.3 Å². The van der Waals surface area contributed by atoms with E-state index in [-0.39, 0.29) is 0 Å². The molecule has 0 aliphatic carbocycles. The van der Waals surface area contributed by atoms with Gasteiger partial charge in [0.25, 0.3) is 0 Å². The van der Waals surface area contributed by atoms with E-state index in [9.17, 15) is 0 Å². The Kier molecular flexibility index (Phi) is 3.43. The predicted octanol–water partition coefficient (Wildman–Crippen LogP) is 2.68. The van der Waals surface area contributed by atoms with Gasteiger partial charge in [0.2, 0.25) is 0 Å². The molecule has 0 N–H and O–H groups in total. The third-order valence-corrected chi connectivity index (χ3v) is 2.95. The molecule has 0 bridgehead atoms. The van der Waals surface area contributed by atoms with E-state index in [0.717, 1.165) is 30.3 Å². The summed E-state index contributed by atoms with van der Waals surface area (Å²) < 4.78 is 7.17. The highest BCUT2D eigenvalue weighted by atomic mass is 16.5. The minimum atomic E-state index is 0.334. The highest BCUT2D eigenvalue weighted by Gasteiger charge is 2.24. The van der Waals surface area contributed by atoms with Crippen LogP contribution in [-0.2, 0) is 4.74 Å². The fourth-order valence-corrected chi connectivity index (χ4v) is 1.75. The van der Waals surface area contributed by atoms with E-state index in [1.54, 1.807) is 0 Å². The van der Waals surface area contributed by atoms with Gasteiger partial charge in [-0.15, -0.1) is 0 Å². The first-order valence-electron chi connectivity index (χ1n) is 5.96. The molecule has 0 spiro atoms. The standard InChI is InChI=1S/C13H19N3O/c1-5-12(9(2)3)15-13-10(4)6-14-16(13)11-7-17-8-11/h5-6,9,11H,1,7-8H2,2-4H3/b15-12+. The van der Waals surface area contributed by atoms with Crippen molar-refractivity contribution in [2.75, 3.05) is 13.2 Å². The summed E-state index contributed by atoms with van der Waals surface area (Å²) in [7, 11) is 0. The monoisotopic (exact) mass is 233 g/mol. The maximum Gasteiger partial charge on any atom is 0.154 e. The Morgan fingerprint density at radius 2 is 2.35 bits per heavy atom. The number of aliphatic imine (C=N–C) groups is 1. The molecular formula is C13H19N3O. The normalized spacial score (nSPS) is 17.3. The fourth-order valence-electron chi connectivity index (χ4n) is 1.75. The van der Waals surface area contributed by atoms with E-state index >= 15 is 0 Å². The largest absolute Gasteiger partial charge is 0.377 e. The summed E-state index contributed by atoms with van der Waals surface area (Å²) in [6, 6.07) is 0.334. The molecule has 0 saturated carbocycles. The van der Waals surface area contributed by atoms with Crippen LogP contribution in [0, 0.1) is 12.8 Å². The zero-order valence-corrected chi connectivity index (χ0v) is 10.7. The quantitative estimate of drug-likeness (QED) is 0.750. The summed E-state index contributed by atoms with van der Waals surface area (Å²) in [6.07, 6.45) is 3.68. The van der Waals surface area contributed by atoms with E-state index in [1.165, 1.54) is 0 Å². The molecule has 2 heterocycles. The first-order valence-corrected chi connectivity index (χ1v) is 5.96.